The second-order valence-electron chi connectivity index (χ2n) is 5.36. The molecule has 21 heavy (non-hydrogen) atoms. The van der Waals surface area contributed by atoms with Crippen molar-refractivity contribution in [1.29, 1.82) is 0 Å². The number of unbranched alkanes of at least 4 members (excludes halogenated alkanes) is 1. The first-order chi connectivity index (χ1) is 10.0. The van der Waals surface area contributed by atoms with Crippen molar-refractivity contribution in [1.82, 2.24) is 4.31 Å². The number of sulfonamides is 1. The van der Waals surface area contributed by atoms with Crippen LogP contribution in [0.2, 0.25) is 0 Å². The van der Waals surface area contributed by atoms with Crippen molar-refractivity contribution in [2.75, 3.05) is 19.0 Å². The first-order valence-electron chi connectivity index (χ1n) is 7.34. The van der Waals surface area contributed by atoms with Crippen LogP contribution in [0.25, 0.3) is 0 Å². The molecule has 118 valence electrons. The lowest BCUT2D eigenvalue weighted by atomic mass is 10.1. The van der Waals surface area contributed by atoms with Crippen molar-refractivity contribution in [3.05, 3.63) is 35.6 Å². The van der Waals surface area contributed by atoms with E-state index in [1.807, 2.05) is 0 Å². The van der Waals surface area contributed by atoms with Crippen LogP contribution < -0.4 is 0 Å². The molecule has 0 unspecified atom stereocenters. The van der Waals surface area contributed by atoms with Crippen LogP contribution in [0, 0.1) is 5.82 Å². The normalized spacial score (nSPS) is 22.9. The number of hydrogen-bond donors (Lipinski definition) is 0. The molecule has 0 radical (unpaired) electrons. The average molecular weight is 315 g/mol. The quantitative estimate of drug-likeness (QED) is 0.839. The van der Waals surface area contributed by atoms with Gasteiger partial charge in [-0.05, 0) is 24.1 Å². The van der Waals surface area contributed by atoms with Gasteiger partial charge in [0.15, 0.2) is 0 Å². The van der Waals surface area contributed by atoms with Gasteiger partial charge < -0.3 is 4.74 Å². The Morgan fingerprint density at radius 2 is 2.05 bits per heavy atom. The Morgan fingerprint density at radius 3 is 2.71 bits per heavy atom. The first kappa shape index (κ1) is 16.4. The van der Waals surface area contributed by atoms with E-state index in [1.54, 1.807) is 12.1 Å². The van der Waals surface area contributed by atoms with Gasteiger partial charge >= 0.3 is 0 Å². The van der Waals surface area contributed by atoms with Gasteiger partial charge in [-0.25, -0.2) is 12.8 Å². The minimum absolute atomic E-state index is 0.0107. The smallest absolute Gasteiger partial charge is 0.217 e. The molecule has 0 amide bonds. The van der Waals surface area contributed by atoms with E-state index in [-0.39, 0.29) is 30.8 Å². The second kappa shape index (κ2) is 7.33. The van der Waals surface area contributed by atoms with Crippen LogP contribution in [-0.4, -0.2) is 37.7 Å². The maximum absolute atomic E-state index is 13.0. The molecule has 1 aliphatic rings. The SMILES string of the molecule is CCCC[C@H]1COCCS(=O)(=O)N1Cc1ccc(F)cc1. The Hall–Kier alpha value is -0.980. The maximum Gasteiger partial charge on any atom is 0.217 e. The molecule has 0 spiro atoms. The number of nitrogens with zero attached hydrogens (tertiary/aromatic N) is 1. The van der Waals surface area contributed by atoms with E-state index in [1.165, 1.54) is 16.4 Å². The molecule has 2 rings (SSSR count). The third-order valence-electron chi connectivity index (χ3n) is 3.70. The first-order valence-corrected chi connectivity index (χ1v) is 8.95. The van der Waals surface area contributed by atoms with Crippen molar-refractivity contribution in [3.63, 3.8) is 0 Å². The lowest BCUT2D eigenvalue weighted by molar-refractivity contribution is 0.105. The Bertz CT molecular complexity index is 545. The Balaban J connectivity index is 2.20. The highest BCUT2D eigenvalue weighted by Crippen LogP contribution is 2.21. The molecule has 1 saturated heterocycles. The van der Waals surface area contributed by atoms with E-state index in [0.717, 1.165) is 24.8 Å². The fraction of sp³-hybridized carbons (Fsp3) is 0.600. The fourth-order valence-corrected chi connectivity index (χ4v) is 4.00. The van der Waals surface area contributed by atoms with Crippen LogP contribution in [0.1, 0.15) is 31.7 Å². The standard InChI is InChI=1S/C15H22FNO3S/c1-2-3-4-15-12-20-9-10-21(18,19)17(15)11-13-5-7-14(16)8-6-13/h5-8,15H,2-4,9-12H2,1H3/t15-/m0/s1. The molecule has 1 fully saturated rings. The van der Waals surface area contributed by atoms with Crippen LogP contribution in [0.5, 0.6) is 0 Å². The van der Waals surface area contributed by atoms with Crippen molar-refractivity contribution in [3.8, 4) is 0 Å². The largest absolute Gasteiger partial charge is 0.379 e. The van der Waals surface area contributed by atoms with Crippen molar-refractivity contribution in [2.45, 2.75) is 38.8 Å². The molecule has 0 aromatic heterocycles. The van der Waals surface area contributed by atoms with E-state index in [9.17, 15) is 12.8 Å². The summed E-state index contributed by atoms with van der Waals surface area (Å²) >= 11 is 0. The van der Waals surface area contributed by atoms with Gasteiger partial charge in [-0.3, -0.25) is 0 Å². The molecule has 0 bridgehead atoms. The number of benzene rings is 1. The summed E-state index contributed by atoms with van der Waals surface area (Å²) in [5.74, 6) is -0.306. The highest BCUT2D eigenvalue weighted by molar-refractivity contribution is 7.89. The van der Waals surface area contributed by atoms with E-state index in [0.29, 0.717) is 6.61 Å². The molecular formula is C15H22FNO3S. The molecule has 0 N–H and O–H groups in total. The van der Waals surface area contributed by atoms with Crippen molar-refractivity contribution < 1.29 is 17.5 Å². The predicted octanol–water partition coefficient (Wildman–Crippen LogP) is 2.55. The molecule has 4 nitrogen and oxygen atoms in total. The van der Waals surface area contributed by atoms with Gasteiger partial charge in [0, 0.05) is 12.6 Å². The van der Waals surface area contributed by atoms with E-state index < -0.39 is 10.0 Å². The Labute approximate surface area is 126 Å². The highest BCUT2D eigenvalue weighted by Gasteiger charge is 2.32. The van der Waals surface area contributed by atoms with Crippen LogP contribution in [-0.2, 0) is 21.3 Å². The third-order valence-corrected chi connectivity index (χ3v) is 5.53. The lowest BCUT2D eigenvalue weighted by Crippen LogP contribution is -2.41. The van der Waals surface area contributed by atoms with Crippen LogP contribution in [0.3, 0.4) is 0 Å². The van der Waals surface area contributed by atoms with E-state index in [4.69, 9.17) is 4.74 Å². The minimum atomic E-state index is -3.33. The zero-order valence-electron chi connectivity index (χ0n) is 12.3. The fourth-order valence-electron chi connectivity index (χ4n) is 2.48. The van der Waals surface area contributed by atoms with Crippen molar-refractivity contribution in [2.24, 2.45) is 0 Å². The number of hydrogen-bond acceptors (Lipinski definition) is 3. The van der Waals surface area contributed by atoms with Gasteiger partial charge in [-0.2, -0.15) is 4.31 Å². The van der Waals surface area contributed by atoms with Crippen LogP contribution >= 0.6 is 0 Å². The topological polar surface area (TPSA) is 46.6 Å². The molecule has 0 aliphatic carbocycles. The average Bonchev–Trinajstić information content (AvgIpc) is 2.59. The maximum atomic E-state index is 13.0. The summed E-state index contributed by atoms with van der Waals surface area (Å²) in [6.45, 7) is 3.03. The Kier molecular flexibility index (Phi) is 5.72. The number of rotatable bonds is 5. The van der Waals surface area contributed by atoms with Gasteiger partial charge in [-0.15, -0.1) is 0 Å². The van der Waals surface area contributed by atoms with Gasteiger partial charge in [0.05, 0.1) is 19.0 Å². The predicted molar refractivity (Wildman–Crippen MR) is 79.9 cm³/mol. The van der Waals surface area contributed by atoms with Gasteiger partial charge in [0.1, 0.15) is 5.82 Å². The van der Waals surface area contributed by atoms with E-state index >= 15 is 0 Å². The van der Waals surface area contributed by atoms with Crippen LogP contribution in [0.15, 0.2) is 24.3 Å². The molecule has 1 aromatic rings. The summed E-state index contributed by atoms with van der Waals surface area (Å²) in [5.41, 5.74) is 0.795. The summed E-state index contributed by atoms with van der Waals surface area (Å²) in [4.78, 5) is 0. The van der Waals surface area contributed by atoms with Gasteiger partial charge in [-0.1, -0.05) is 31.9 Å². The van der Waals surface area contributed by atoms with Crippen LogP contribution in [0.4, 0.5) is 4.39 Å². The third kappa shape index (κ3) is 4.49. The molecule has 6 heteroatoms. The summed E-state index contributed by atoms with van der Waals surface area (Å²) in [7, 11) is -3.33. The van der Waals surface area contributed by atoms with Crippen molar-refractivity contribution >= 4 is 10.0 Å². The second-order valence-corrected chi connectivity index (χ2v) is 7.40. The summed E-state index contributed by atoms with van der Waals surface area (Å²) in [6, 6.07) is 5.85. The molecule has 1 aliphatic heterocycles. The van der Waals surface area contributed by atoms with Gasteiger partial charge in [0.2, 0.25) is 10.0 Å². The molecule has 1 atom stereocenters. The monoisotopic (exact) mass is 315 g/mol. The Morgan fingerprint density at radius 1 is 1.33 bits per heavy atom. The molecular weight excluding hydrogens is 293 g/mol. The molecule has 0 saturated carbocycles. The number of ether oxygens (including phenoxy) is 1. The summed E-state index contributed by atoms with van der Waals surface area (Å²) < 4.78 is 44.8. The zero-order valence-corrected chi connectivity index (χ0v) is 13.1. The summed E-state index contributed by atoms with van der Waals surface area (Å²) in [6.07, 6.45) is 2.77. The minimum Gasteiger partial charge on any atom is -0.379 e. The summed E-state index contributed by atoms with van der Waals surface area (Å²) in [5, 5.41) is 0. The lowest BCUT2D eigenvalue weighted by Gasteiger charge is -2.28. The molecule has 1 heterocycles. The van der Waals surface area contributed by atoms with E-state index in [2.05, 4.69) is 6.92 Å². The highest BCUT2D eigenvalue weighted by atomic mass is 32.2. The molecule has 1 aromatic carbocycles. The number of halogens is 1. The zero-order chi connectivity index (χ0) is 15.3. The van der Waals surface area contributed by atoms with Gasteiger partial charge in [0.25, 0.3) is 0 Å².